The van der Waals surface area contributed by atoms with Gasteiger partial charge in [0.1, 0.15) is 30.4 Å². The Morgan fingerprint density at radius 3 is 2.61 bits per heavy atom. The summed E-state index contributed by atoms with van der Waals surface area (Å²) in [6.45, 7) is 4.87. The van der Waals surface area contributed by atoms with Crippen LogP contribution in [0.15, 0.2) is 40.1 Å². The van der Waals surface area contributed by atoms with E-state index in [0.717, 1.165) is 44.5 Å². The lowest BCUT2D eigenvalue weighted by Crippen LogP contribution is -2.46. The van der Waals surface area contributed by atoms with E-state index in [2.05, 4.69) is 21.3 Å². The first-order valence-corrected chi connectivity index (χ1v) is 12.5. The third-order valence-electron chi connectivity index (χ3n) is 7.44. The fourth-order valence-corrected chi connectivity index (χ4v) is 5.63. The lowest BCUT2D eigenvalue weighted by molar-refractivity contribution is 0.163. The van der Waals surface area contributed by atoms with E-state index < -0.39 is 0 Å². The number of piperidine rings is 1. The van der Waals surface area contributed by atoms with Crippen molar-refractivity contribution in [1.82, 2.24) is 24.3 Å². The van der Waals surface area contributed by atoms with Gasteiger partial charge in [-0.2, -0.15) is 5.26 Å². The van der Waals surface area contributed by atoms with E-state index in [0.29, 0.717) is 60.6 Å². The van der Waals surface area contributed by atoms with Gasteiger partial charge in [-0.05, 0) is 56.1 Å². The summed E-state index contributed by atoms with van der Waals surface area (Å²) in [5.74, 6) is 1.19. The van der Waals surface area contributed by atoms with Gasteiger partial charge in [-0.15, -0.1) is 24.8 Å². The number of nitrogens with zero attached hydrogens (tertiary/aromatic N) is 5. The molecule has 2 aromatic heterocycles. The maximum Gasteiger partial charge on any atom is 0.270 e. The Hall–Kier alpha value is -3.10. The van der Waals surface area contributed by atoms with Crippen LogP contribution >= 0.6 is 24.8 Å². The number of rotatable bonds is 5. The van der Waals surface area contributed by atoms with Crippen LogP contribution in [0.3, 0.4) is 0 Å². The Morgan fingerprint density at radius 1 is 1.03 bits per heavy atom. The van der Waals surface area contributed by atoms with Crippen LogP contribution in [0.5, 0.6) is 11.5 Å². The lowest BCUT2D eigenvalue weighted by Gasteiger charge is -2.37. The second-order valence-electron chi connectivity index (χ2n) is 9.68. The summed E-state index contributed by atoms with van der Waals surface area (Å²) in [5, 5.41) is 13.1. The van der Waals surface area contributed by atoms with Gasteiger partial charge in [-0.25, -0.2) is 4.98 Å². The standard InChI is InChI=1S/C26H28N6O4.2ClH/c27-13-18-11-17(12-22-25(18)36-10-9-35-22)14-28-19-3-6-30(7-4-19)16-20-5-8-31-24(34)15-29-21-1-2-23(33)32(20)26(21)31;;/h1-2,11-12,15,19-20,28H,3-10,14,16H2;2*1H/t20-;;/m0../s1. The fourth-order valence-electron chi connectivity index (χ4n) is 5.63. The Balaban J connectivity index is 0.00000168. The number of aromatic nitrogens is 3. The number of nitriles is 1. The van der Waals surface area contributed by atoms with Crippen molar-refractivity contribution >= 4 is 36.0 Å². The normalized spacial score (nSPS) is 18.8. The molecule has 0 radical (unpaired) electrons. The predicted molar refractivity (Wildman–Crippen MR) is 147 cm³/mol. The van der Waals surface area contributed by atoms with Crippen LogP contribution in [0.2, 0.25) is 0 Å². The maximum absolute atomic E-state index is 12.8. The van der Waals surface area contributed by atoms with Gasteiger partial charge in [0.25, 0.3) is 11.1 Å². The molecule has 0 amide bonds. The zero-order chi connectivity index (χ0) is 24.6. The van der Waals surface area contributed by atoms with E-state index in [1.165, 1.54) is 6.20 Å². The zero-order valence-electron chi connectivity index (χ0n) is 20.8. The minimum atomic E-state index is -0.160. The average Bonchev–Trinajstić information content (AvgIpc) is 2.91. The summed E-state index contributed by atoms with van der Waals surface area (Å²) >= 11 is 0. The molecule has 5 heterocycles. The maximum atomic E-state index is 12.8. The third kappa shape index (κ3) is 5.24. The van der Waals surface area contributed by atoms with Gasteiger partial charge in [-0.1, -0.05) is 0 Å². The minimum absolute atomic E-state index is 0. The number of halogens is 2. The molecule has 1 aromatic carbocycles. The summed E-state index contributed by atoms with van der Waals surface area (Å²) in [7, 11) is 0. The average molecular weight is 561 g/mol. The number of benzene rings is 1. The van der Waals surface area contributed by atoms with Crippen LogP contribution in [0.4, 0.5) is 0 Å². The Kier molecular flexibility index (Phi) is 8.63. The molecular weight excluding hydrogens is 531 g/mol. The Labute approximate surface area is 232 Å². The molecule has 1 saturated heterocycles. The topological polar surface area (TPSA) is 114 Å². The molecule has 1 atom stereocenters. The van der Waals surface area contributed by atoms with Crippen molar-refractivity contribution in [3.05, 3.63) is 62.3 Å². The van der Waals surface area contributed by atoms with Gasteiger partial charge in [0, 0.05) is 31.7 Å². The SMILES string of the molecule is Cl.Cl.N#Cc1cc(CNC2CCN(C[C@@H]3CCn4c(=O)cnc5ccc(=O)n3c54)CC2)cc2c1OCCO2. The molecule has 3 aromatic rings. The van der Waals surface area contributed by atoms with Crippen LogP contribution in [0, 0.1) is 11.3 Å². The molecule has 3 aliphatic rings. The van der Waals surface area contributed by atoms with Gasteiger partial charge in [-0.3, -0.25) is 18.7 Å². The van der Waals surface area contributed by atoms with Crippen LogP contribution < -0.4 is 25.9 Å². The van der Waals surface area contributed by atoms with E-state index in [1.54, 1.807) is 21.3 Å². The highest BCUT2D eigenvalue weighted by molar-refractivity contribution is 5.85. The molecule has 12 heteroatoms. The van der Waals surface area contributed by atoms with Gasteiger partial charge < -0.3 is 19.7 Å². The number of aryl methyl sites for hydroxylation is 1. The Bertz CT molecular complexity index is 1470. The van der Waals surface area contributed by atoms with Crippen molar-refractivity contribution in [3.8, 4) is 17.6 Å². The van der Waals surface area contributed by atoms with Crippen LogP contribution in [0.25, 0.3) is 11.2 Å². The van der Waals surface area contributed by atoms with E-state index in [4.69, 9.17) is 9.47 Å². The highest BCUT2D eigenvalue weighted by Gasteiger charge is 2.27. The molecule has 0 bridgehead atoms. The molecule has 1 N–H and O–H groups in total. The third-order valence-corrected chi connectivity index (χ3v) is 7.44. The molecule has 1 fully saturated rings. The van der Waals surface area contributed by atoms with Crippen molar-refractivity contribution in [2.75, 3.05) is 32.8 Å². The van der Waals surface area contributed by atoms with Gasteiger partial charge >= 0.3 is 0 Å². The summed E-state index contributed by atoms with van der Waals surface area (Å²) in [4.78, 5) is 31.7. The predicted octanol–water partition coefficient (Wildman–Crippen LogP) is 2.24. The van der Waals surface area contributed by atoms with E-state index in [1.807, 2.05) is 12.1 Å². The number of ether oxygens (including phenoxy) is 2. The number of pyridine rings is 1. The highest BCUT2D eigenvalue weighted by Crippen LogP contribution is 2.35. The van der Waals surface area contributed by atoms with Crippen molar-refractivity contribution in [3.63, 3.8) is 0 Å². The second-order valence-corrected chi connectivity index (χ2v) is 9.68. The number of likely N-dealkylation sites (tertiary alicyclic amines) is 1. The lowest BCUT2D eigenvalue weighted by atomic mass is 10.0. The molecule has 0 unspecified atom stereocenters. The van der Waals surface area contributed by atoms with Crippen molar-refractivity contribution in [1.29, 1.82) is 5.26 Å². The highest BCUT2D eigenvalue weighted by atomic mass is 35.5. The van der Waals surface area contributed by atoms with E-state index >= 15 is 0 Å². The fraction of sp³-hybridized carbons (Fsp3) is 0.462. The summed E-state index contributed by atoms with van der Waals surface area (Å²) < 4.78 is 14.7. The molecule has 0 aliphatic carbocycles. The molecule has 202 valence electrons. The zero-order valence-corrected chi connectivity index (χ0v) is 22.4. The quantitative estimate of drug-likeness (QED) is 0.505. The number of hydrogen-bond donors (Lipinski definition) is 1. The minimum Gasteiger partial charge on any atom is -0.486 e. The number of hydrogen-bond acceptors (Lipinski definition) is 8. The van der Waals surface area contributed by atoms with Crippen LogP contribution in [-0.2, 0) is 13.1 Å². The second kappa shape index (κ2) is 11.7. The molecule has 10 nitrogen and oxygen atoms in total. The van der Waals surface area contributed by atoms with Crippen molar-refractivity contribution in [2.45, 2.75) is 44.4 Å². The van der Waals surface area contributed by atoms with Crippen LogP contribution in [0.1, 0.15) is 36.4 Å². The molecule has 0 saturated carbocycles. The first-order valence-electron chi connectivity index (χ1n) is 12.5. The van der Waals surface area contributed by atoms with Crippen LogP contribution in [-0.4, -0.2) is 57.9 Å². The molecule has 0 spiro atoms. The summed E-state index contributed by atoms with van der Waals surface area (Å²) in [5.41, 5.74) is 2.60. The first kappa shape index (κ1) is 27.9. The molecule has 6 rings (SSSR count). The number of fused-ring (bicyclic) bond motifs is 1. The number of nitrogens with one attached hydrogen (secondary N) is 1. The summed E-state index contributed by atoms with van der Waals surface area (Å²) in [6, 6.07) is 9.69. The first-order chi connectivity index (χ1) is 17.6. The van der Waals surface area contributed by atoms with Gasteiger partial charge in [0.15, 0.2) is 11.5 Å². The smallest absolute Gasteiger partial charge is 0.270 e. The largest absolute Gasteiger partial charge is 0.486 e. The molecule has 3 aliphatic heterocycles. The van der Waals surface area contributed by atoms with Gasteiger partial charge in [0.2, 0.25) is 0 Å². The van der Waals surface area contributed by atoms with Crippen molar-refractivity contribution < 1.29 is 9.47 Å². The Morgan fingerprint density at radius 2 is 1.82 bits per heavy atom. The van der Waals surface area contributed by atoms with Gasteiger partial charge in [0.05, 0.1) is 17.8 Å². The molecule has 38 heavy (non-hydrogen) atoms. The van der Waals surface area contributed by atoms with Crippen molar-refractivity contribution in [2.24, 2.45) is 0 Å². The van der Waals surface area contributed by atoms with E-state index in [-0.39, 0.29) is 42.0 Å². The monoisotopic (exact) mass is 560 g/mol. The molecular formula is C26H30Cl2N6O4. The van der Waals surface area contributed by atoms with E-state index in [9.17, 15) is 14.9 Å². The summed E-state index contributed by atoms with van der Waals surface area (Å²) in [6.07, 6.45) is 4.08.